The fraction of sp³-hybridized carbons (Fsp3) is 0.389. The van der Waals surface area contributed by atoms with Crippen LogP contribution in [0.1, 0.15) is 24.1 Å². The average molecular weight is 310 g/mol. The first-order valence-electron chi connectivity index (χ1n) is 7.98. The van der Waals surface area contributed by atoms with Crippen LogP contribution in [0, 0.1) is 11.3 Å². The minimum atomic E-state index is -0.206. The van der Waals surface area contributed by atoms with Crippen molar-refractivity contribution in [3.05, 3.63) is 47.8 Å². The van der Waals surface area contributed by atoms with E-state index in [1.54, 1.807) is 0 Å². The quantitative estimate of drug-likeness (QED) is 0.910. The maximum absolute atomic E-state index is 9.62. The summed E-state index contributed by atoms with van der Waals surface area (Å²) in [5.74, 6) is 0. The fourth-order valence-corrected chi connectivity index (χ4v) is 2.99. The lowest BCUT2D eigenvalue weighted by atomic mass is 10.0. The predicted octanol–water partition coefficient (Wildman–Crippen LogP) is 2.47. The van der Waals surface area contributed by atoms with Crippen LogP contribution in [0.25, 0.3) is 0 Å². The summed E-state index contributed by atoms with van der Waals surface area (Å²) in [4.78, 5) is 2.19. The van der Waals surface area contributed by atoms with Gasteiger partial charge in [0.25, 0.3) is 0 Å². The second kappa shape index (κ2) is 6.76. The number of hydrogen-bond acceptors (Lipinski definition) is 4. The summed E-state index contributed by atoms with van der Waals surface area (Å²) >= 11 is 0. The molecule has 1 aliphatic heterocycles. The van der Waals surface area contributed by atoms with Crippen LogP contribution in [-0.2, 0) is 13.6 Å². The summed E-state index contributed by atoms with van der Waals surface area (Å²) in [5, 5.41) is 22.5. The van der Waals surface area contributed by atoms with E-state index >= 15 is 0 Å². The molecular formula is C18H22N4O. The summed E-state index contributed by atoms with van der Waals surface area (Å²) in [6, 6.07) is 12.3. The normalized spacial score (nSPS) is 15.4. The summed E-state index contributed by atoms with van der Waals surface area (Å²) in [6.45, 7) is 2.32. The van der Waals surface area contributed by atoms with Crippen LogP contribution in [0.4, 0.5) is 11.4 Å². The SMILES string of the molecule is Cn1cccc1CNc1ccc(N2CCC(O)CC2)c(C#N)c1. The molecule has 1 saturated heterocycles. The lowest BCUT2D eigenvalue weighted by Gasteiger charge is -2.32. The minimum absolute atomic E-state index is 0.206. The van der Waals surface area contributed by atoms with Gasteiger partial charge in [-0.1, -0.05) is 0 Å². The number of aliphatic hydroxyl groups excluding tert-OH is 1. The Labute approximate surface area is 136 Å². The van der Waals surface area contributed by atoms with E-state index in [1.165, 1.54) is 5.69 Å². The third-order valence-electron chi connectivity index (χ3n) is 4.45. The molecule has 5 nitrogen and oxygen atoms in total. The molecule has 0 unspecified atom stereocenters. The average Bonchev–Trinajstić information content (AvgIpc) is 2.98. The van der Waals surface area contributed by atoms with Crippen molar-refractivity contribution in [2.45, 2.75) is 25.5 Å². The molecule has 0 amide bonds. The van der Waals surface area contributed by atoms with Crippen LogP contribution >= 0.6 is 0 Å². The fourth-order valence-electron chi connectivity index (χ4n) is 2.99. The van der Waals surface area contributed by atoms with Gasteiger partial charge in [0, 0.05) is 37.7 Å². The largest absolute Gasteiger partial charge is 0.393 e. The Bertz CT molecular complexity index is 708. The van der Waals surface area contributed by atoms with Crippen molar-refractivity contribution in [3.63, 3.8) is 0 Å². The van der Waals surface area contributed by atoms with Crippen molar-refractivity contribution in [1.82, 2.24) is 4.57 Å². The molecule has 3 rings (SSSR count). The molecule has 2 aromatic rings. The monoisotopic (exact) mass is 310 g/mol. The van der Waals surface area contributed by atoms with Crippen molar-refractivity contribution in [1.29, 1.82) is 5.26 Å². The molecule has 1 aromatic carbocycles. The molecule has 2 heterocycles. The highest BCUT2D eigenvalue weighted by atomic mass is 16.3. The highest BCUT2D eigenvalue weighted by molar-refractivity contribution is 5.65. The number of anilines is 2. The summed E-state index contributed by atoms with van der Waals surface area (Å²) < 4.78 is 2.08. The van der Waals surface area contributed by atoms with Gasteiger partial charge in [0.05, 0.1) is 23.9 Å². The van der Waals surface area contributed by atoms with Gasteiger partial charge >= 0.3 is 0 Å². The minimum Gasteiger partial charge on any atom is -0.393 e. The summed E-state index contributed by atoms with van der Waals surface area (Å²) in [7, 11) is 2.02. The van der Waals surface area contributed by atoms with Crippen molar-refractivity contribution in [2.24, 2.45) is 7.05 Å². The van der Waals surface area contributed by atoms with E-state index in [4.69, 9.17) is 0 Å². The Morgan fingerprint density at radius 1 is 1.30 bits per heavy atom. The zero-order valence-corrected chi connectivity index (χ0v) is 13.4. The van der Waals surface area contributed by atoms with Crippen molar-refractivity contribution >= 4 is 11.4 Å². The standard InChI is InChI=1S/C18H22N4O/c1-21-8-2-3-16(21)13-20-15-4-5-18(14(11-15)12-19)22-9-6-17(23)7-10-22/h2-5,8,11,17,20,23H,6-7,9-10,13H2,1H3. The number of nitriles is 1. The van der Waals surface area contributed by atoms with Crippen LogP contribution in [-0.4, -0.2) is 28.9 Å². The molecule has 1 fully saturated rings. The maximum Gasteiger partial charge on any atom is 0.101 e. The number of aliphatic hydroxyl groups is 1. The molecular weight excluding hydrogens is 288 g/mol. The number of aryl methyl sites for hydroxylation is 1. The van der Waals surface area contributed by atoms with Gasteiger partial charge in [0.2, 0.25) is 0 Å². The Kier molecular flexibility index (Phi) is 4.54. The molecule has 0 saturated carbocycles. The van der Waals surface area contributed by atoms with Gasteiger partial charge in [-0.15, -0.1) is 0 Å². The molecule has 0 atom stereocenters. The number of benzene rings is 1. The second-order valence-electron chi connectivity index (χ2n) is 6.03. The van der Waals surface area contributed by atoms with Crippen molar-refractivity contribution in [2.75, 3.05) is 23.3 Å². The van der Waals surface area contributed by atoms with E-state index in [1.807, 2.05) is 37.5 Å². The molecule has 0 spiro atoms. The van der Waals surface area contributed by atoms with Gasteiger partial charge in [-0.25, -0.2) is 0 Å². The molecule has 0 bridgehead atoms. The molecule has 0 aliphatic carbocycles. The lowest BCUT2D eigenvalue weighted by Crippen LogP contribution is -2.36. The molecule has 120 valence electrons. The van der Waals surface area contributed by atoms with E-state index in [-0.39, 0.29) is 6.10 Å². The first-order chi connectivity index (χ1) is 11.2. The van der Waals surface area contributed by atoms with E-state index in [2.05, 4.69) is 26.9 Å². The first kappa shape index (κ1) is 15.4. The van der Waals surface area contributed by atoms with E-state index in [0.29, 0.717) is 5.56 Å². The Morgan fingerprint density at radius 3 is 2.74 bits per heavy atom. The molecule has 5 heteroatoms. The lowest BCUT2D eigenvalue weighted by molar-refractivity contribution is 0.145. The smallest absolute Gasteiger partial charge is 0.101 e. The van der Waals surface area contributed by atoms with E-state index in [0.717, 1.165) is 43.9 Å². The number of rotatable bonds is 4. The molecule has 23 heavy (non-hydrogen) atoms. The van der Waals surface area contributed by atoms with Crippen LogP contribution < -0.4 is 10.2 Å². The molecule has 1 aliphatic rings. The van der Waals surface area contributed by atoms with E-state index < -0.39 is 0 Å². The van der Waals surface area contributed by atoms with Gasteiger partial charge in [0.1, 0.15) is 6.07 Å². The second-order valence-corrected chi connectivity index (χ2v) is 6.03. The number of nitrogens with zero attached hydrogens (tertiary/aromatic N) is 3. The summed E-state index contributed by atoms with van der Waals surface area (Å²) in [5.41, 5.74) is 3.78. The Hall–Kier alpha value is -2.45. The number of hydrogen-bond donors (Lipinski definition) is 2. The van der Waals surface area contributed by atoms with Crippen LogP contribution in [0.15, 0.2) is 36.5 Å². The summed E-state index contributed by atoms with van der Waals surface area (Å²) in [6.07, 6.45) is 3.34. The van der Waals surface area contributed by atoms with Gasteiger partial charge in [-0.2, -0.15) is 5.26 Å². The number of piperidine rings is 1. The van der Waals surface area contributed by atoms with Gasteiger partial charge in [-0.05, 0) is 43.2 Å². The molecule has 0 radical (unpaired) electrons. The van der Waals surface area contributed by atoms with Crippen molar-refractivity contribution < 1.29 is 5.11 Å². The van der Waals surface area contributed by atoms with Gasteiger partial charge in [0.15, 0.2) is 0 Å². The maximum atomic E-state index is 9.62. The third kappa shape index (κ3) is 3.49. The van der Waals surface area contributed by atoms with E-state index in [9.17, 15) is 10.4 Å². The highest BCUT2D eigenvalue weighted by Gasteiger charge is 2.19. The van der Waals surface area contributed by atoms with Crippen molar-refractivity contribution in [3.8, 4) is 6.07 Å². The topological polar surface area (TPSA) is 64.2 Å². The Balaban J connectivity index is 1.72. The van der Waals surface area contributed by atoms with Gasteiger partial charge in [-0.3, -0.25) is 0 Å². The number of nitrogens with one attached hydrogen (secondary N) is 1. The van der Waals surface area contributed by atoms with Gasteiger partial charge < -0.3 is 19.9 Å². The van der Waals surface area contributed by atoms with Crippen LogP contribution in [0.2, 0.25) is 0 Å². The first-order valence-corrected chi connectivity index (χ1v) is 7.98. The highest BCUT2D eigenvalue weighted by Crippen LogP contribution is 2.27. The molecule has 1 aromatic heterocycles. The zero-order valence-electron chi connectivity index (χ0n) is 13.4. The van der Waals surface area contributed by atoms with Crippen LogP contribution in [0.3, 0.4) is 0 Å². The molecule has 2 N–H and O–H groups in total. The zero-order chi connectivity index (χ0) is 16.2. The number of aromatic nitrogens is 1. The predicted molar refractivity (Wildman–Crippen MR) is 91.4 cm³/mol. The van der Waals surface area contributed by atoms with Crippen LogP contribution in [0.5, 0.6) is 0 Å². The third-order valence-corrected chi connectivity index (χ3v) is 4.45. The Morgan fingerprint density at radius 2 is 2.09 bits per heavy atom.